The fourth-order valence-corrected chi connectivity index (χ4v) is 2.59. The van der Waals surface area contributed by atoms with Crippen LogP contribution in [0.3, 0.4) is 0 Å². The zero-order chi connectivity index (χ0) is 15.6. The van der Waals surface area contributed by atoms with Crippen molar-refractivity contribution in [3.8, 4) is 0 Å². The quantitative estimate of drug-likeness (QED) is 0.800. The minimum atomic E-state index is 0.124. The maximum absolute atomic E-state index is 6.18. The molecule has 0 amide bonds. The third kappa shape index (κ3) is 4.49. The molecule has 0 fully saturated rings. The second kappa shape index (κ2) is 6.41. The third-order valence-corrected chi connectivity index (χ3v) is 3.92. The first-order valence-electron chi connectivity index (χ1n) is 7.78. The summed E-state index contributed by atoms with van der Waals surface area (Å²) < 4.78 is 2.35. The van der Waals surface area contributed by atoms with Crippen LogP contribution in [0.4, 0.5) is 0 Å². The Labute approximate surface area is 133 Å². The highest BCUT2D eigenvalue weighted by Gasteiger charge is 2.13. The van der Waals surface area contributed by atoms with E-state index in [-0.39, 0.29) is 5.54 Å². The third-order valence-electron chi connectivity index (χ3n) is 3.68. The number of hydrogen-bond donors (Lipinski definition) is 1. The molecule has 0 radical (unpaired) electrons. The molecule has 1 aromatic heterocycles. The molecular formula is C18H27ClN2. The van der Waals surface area contributed by atoms with E-state index < -0.39 is 0 Å². The van der Waals surface area contributed by atoms with Gasteiger partial charge in [0, 0.05) is 40.8 Å². The van der Waals surface area contributed by atoms with Gasteiger partial charge >= 0.3 is 0 Å². The van der Waals surface area contributed by atoms with Gasteiger partial charge in [0.2, 0.25) is 0 Å². The maximum atomic E-state index is 6.18. The van der Waals surface area contributed by atoms with E-state index in [2.05, 4.69) is 62.8 Å². The Morgan fingerprint density at radius 1 is 1.24 bits per heavy atom. The number of benzene rings is 1. The molecule has 0 aliphatic carbocycles. The number of aromatic nitrogens is 1. The average Bonchev–Trinajstić information content (AvgIpc) is 2.70. The van der Waals surface area contributed by atoms with Crippen LogP contribution < -0.4 is 5.32 Å². The summed E-state index contributed by atoms with van der Waals surface area (Å²) in [4.78, 5) is 0. The minimum absolute atomic E-state index is 0.124. The fraction of sp³-hybridized carbons (Fsp3) is 0.556. The largest absolute Gasteiger partial charge is 0.347 e. The Morgan fingerprint density at radius 3 is 2.57 bits per heavy atom. The van der Waals surface area contributed by atoms with E-state index in [9.17, 15) is 0 Å². The van der Waals surface area contributed by atoms with Crippen molar-refractivity contribution < 1.29 is 0 Å². The molecule has 2 nitrogen and oxygen atoms in total. The van der Waals surface area contributed by atoms with Crippen LogP contribution >= 0.6 is 11.6 Å². The lowest BCUT2D eigenvalue weighted by molar-refractivity contribution is 0.424. The molecule has 2 aromatic rings. The second-order valence-corrected chi connectivity index (χ2v) is 7.73. The SMILES string of the molecule is CC(C)CCn1cc(CNC(C)(C)C)c2ccc(Cl)cc21. The van der Waals surface area contributed by atoms with Crippen molar-refractivity contribution in [1.82, 2.24) is 9.88 Å². The number of aryl methyl sites for hydroxylation is 1. The Kier molecular flexibility index (Phi) is 5.00. The summed E-state index contributed by atoms with van der Waals surface area (Å²) in [5.74, 6) is 0.706. The summed E-state index contributed by atoms with van der Waals surface area (Å²) in [6.45, 7) is 13.0. The zero-order valence-corrected chi connectivity index (χ0v) is 14.6. The van der Waals surface area contributed by atoms with Gasteiger partial charge in [-0.2, -0.15) is 0 Å². The van der Waals surface area contributed by atoms with E-state index in [1.807, 2.05) is 6.07 Å². The van der Waals surface area contributed by atoms with E-state index in [4.69, 9.17) is 11.6 Å². The van der Waals surface area contributed by atoms with Crippen LogP contribution in [0, 0.1) is 5.92 Å². The Bertz CT molecular complexity index is 605. The van der Waals surface area contributed by atoms with Gasteiger partial charge in [-0.1, -0.05) is 31.5 Å². The lowest BCUT2D eigenvalue weighted by Crippen LogP contribution is -2.34. The molecule has 1 heterocycles. The van der Waals surface area contributed by atoms with Crippen molar-refractivity contribution in [2.45, 2.75) is 59.7 Å². The number of fused-ring (bicyclic) bond motifs is 1. The molecule has 0 spiro atoms. The Morgan fingerprint density at radius 2 is 1.95 bits per heavy atom. The maximum Gasteiger partial charge on any atom is 0.0498 e. The number of halogens is 1. The predicted octanol–water partition coefficient (Wildman–Crippen LogP) is 5.23. The van der Waals surface area contributed by atoms with Crippen molar-refractivity contribution in [3.05, 3.63) is 35.0 Å². The molecular weight excluding hydrogens is 280 g/mol. The lowest BCUT2D eigenvalue weighted by atomic mass is 10.1. The van der Waals surface area contributed by atoms with Crippen LogP contribution in [0.5, 0.6) is 0 Å². The van der Waals surface area contributed by atoms with Crippen LogP contribution in [0.2, 0.25) is 5.02 Å². The molecule has 116 valence electrons. The highest BCUT2D eigenvalue weighted by molar-refractivity contribution is 6.31. The van der Waals surface area contributed by atoms with Gasteiger partial charge in [-0.3, -0.25) is 0 Å². The average molecular weight is 307 g/mol. The summed E-state index contributed by atoms with van der Waals surface area (Å²) in [5.41, 5.74) is 2.72. The highest BCUT2D eigenvalue weighted by Crippen LogP contribution is 2.26. The number of nitrogens with one attached hydrogen (secondary N) is 1. The number of rotatable bonds is 5. The summed E-state index contributed by atoms with van der Waals surface area (Å²) in [6, 6.07) is 6.21. The van der Waals surface area contributed by atoms with E-state index in [1.54, 1.807) is 0 Å². The molecule has 0 bridgehead atoms. The first kappa shape index (κ1) is 16.4. The van der Waals surface area contributed by atoms with Gasteiger partial charge in [0.1, 0.15) is 0 Å². The van der Waals surface area contributed by atoms with Crippen LogP contribution in [-0.4, -0.2) is 10.1 Å². The topological polar surface area (TPSA) is 17.0 Å². The number of hydrogen-bond acceptors (Lipinski definition) is 1. The lowest BCUT2D eigenvalue weighted by Gasteiger charge is -2.20. The van der Waals surface area contributed by atoms with Crippen molar-refractivity contribution in [3.63, 3.8) is 0 Å². The summed E-state index contributed by atoms with van der Waals surface area (Å²) in [6.07, 6.45) is 3.46. The number of nitrogens with zero attached hydrogens (tertiary/aromatic N) is 1. The van der Waals surface area contributed by atoms with Gasteiger partial charge in [-0.25, -0.2) is 0 Å². The van der Waals surface area contributed by atoms with Crippen molar-refractivity contribution in [2.75, 3.05) is 0 Å². The Balaban J connectivity index is 2.32. The van der Waals surface area contributed by atoms with Gasteiger partial charge in [0.25, 0.3) is 0 Å². The van der Waals surface area contributed by atoms with E-state index in [0.29, 0.717) is 5.92 Å². The molecule has 0 saturated carbocycles. The predicted molar refractivity (Wildman–Crippen MR) is 93.0 cm³/mol. The summed E-state index contributed by atoms with van der Waals surface area (Å²) >= 11 is 6.18. The molecule has 0 saturated heterocycles. The second-order valence-electron chi connectivity index (χ2n) is 7.30. The summed E-state index contributed by atoms with van der Waals surface area (Å²) in [7, 11) is 0. The molecule has 3 heteroatoms. The monoisotopic (exact) mass is 306 g/mol. The van der Waals surface area contributed by atoms with Crippen molar-refractivity contribution in [1.29, 1.82) is 0 Å². The molecule has 0 unspecified atom stereocenters. The standard InChI is InChI=1S/C18H27ClN2/c1-13(2)8-9-21-12-14(11-20-18(3,4)5)16-7-6-15(19)10-17(16)21/h6-7,10,12-13,20H,8-9,11H2,1-5H3. The minimum Gasteiger partial charge on any atom is -0.347 e. The Hall–Kier alpha value is -0.990. The molecule has 21 heavy (non-hydrogen) atoms. The van der Waals surface area contributed by atoms with E-state index >= 15 is 0 Å². The van der Waals surface area contributed by atoms with Crippen LogP contribution in [-0.2, 0) is 13.1 Å². The van der Waals surface area contributed by atoms with Crippen LogP contribution in [0.15, 0.2) is 24.4 Å². The van der Waals surface area contributed by atoms with Crippen LogP contribution in [0.25, 0.3) is 10.9 Å². The van der Waals surface area contributed by atoms with Crippen molar-refractivity contribution in [2.24, 2.45) is 5.92 Å². The highest BCUT2D eigenvalue weighted by atomic mass is 35.5. The molecule has 2 rings (SSSR count). The van der Waals surface area contributed by atoms with Crippen molar-refractivity contribution >= 4 is 22.5 Å². The van der Waals surface area contributed by atoms with E-state index in [1.165, 1.54) is 22.9 Å². The van der Waals surface area contributed by atoms with E-state index in [0.717, 1.165) is 18.1 Å². The van der Waals surface area contributed by atoms with Crippen LogP contribution in [0.1, 0.15) is 46.6 Å². The smallest absolute Gasteiger partial charge is 0.0498 e. The molecule has 1 N–H and O–H groups in total. The fourth-order valence-electron chi connectivity index (χ4n) is 2.42. The molecule has 0 aliphatic rings. The van der Waals surface area contributed by atoms with Gasteiger partial charge in [-0.15, -0.1) is 0 Å². The normalized spacial score (nSPS) is 12.5. The molecule has 0 aliphatic heterocycles. The van der Waals surface area contributed by atoms with Gasteiger partial charge in [0.05, 0.1) is 0 Å². The first-order valence-corrected chi connectivity index (χ1v) is 8.16. The molecule has 0 atom stereocenters. The first-order chi connectivity index (χ1) is 9.76. The molecule has 1 aromatic carbocycles. The van der Waals surface area contributed by atoms with Gasteiger partial charge in [-0.05, 0) is 50.8 Å². The summed E-state index contributed by atoms with van der Waals surface area (Å²) in [5, 5.41) is 5.69. The zero-order valence-electron chi connectivity index (χ0n) is 13.8. The van der Waals surface area contributed by atoms with Gasteiger partial charge < -0.3 is 9.88 Å². The van der Waals surface area contributed by atoms with Gasteiger partial charge in [0.15, 0.2) is 0 Å².